The van der Waals surface area contributed by atoms with Crippen molar-refractivity contribution in [2.24, 2.45) is 11.7 Å². The summed E-state index contributed by atoms with van der Waals surface area (Å²) in [5, 5.41) is 0. The van der Waals surface area contributed by atoms with Crippen LogP contribution in [0.4, 0.5) is 0 Å². The van der Waals surface area contributed by atoms with Crippen molar-refractivity contribution in [1.29, 1.82) is 0 Å². The van der Waals surface area contributed by atoms with Gasteiger partial charge in [0.1, 0.15) is 0 Å². The molecule has 2 N–H and O–H groups in total. The summed E-state index contributed by atoms with van der Waals surface area (Å²) < 4.78 is 5.34. The second kappa shape index (κ2) is 5.28. The molecule has 0 spiro atoms. The minimum Gasteiger partial charge on any atom is -0.381 e. The molecule has 0 aromatic carbocycles. The van der Waals surface area contributed by atoms with Crippen molar-refractivity contribution < 1.29 is 4.74 Å². The van der Waals surface area contributed by atoms with E-state index < -0.39 is 0 Å². The van der Waals surface area contributed by atoms with Crippen LogP contribution in [-0.2, 0) is 4.74 Å². The zero-order chi connectivity index (χ0) is 11.5. The number of methoxy groups -OCH3 is 1. The van der Waals surface area contributed by atoms with Crippen LogP contribution in [0, 0.1) is 5.92 Å². The minimum atomic E-state index is 0.212. The standard InChI is InChI=1S/C12H26N2O/c1-5-10(2)8-14(3)12(9-13)6-11(7-12)15-4/h10-11H,5-9,13H2,1-4H3. The summed E-state index contributed by atoms with van der Waals surface area (Å²) in [5.41, 5.74) is 6.12. The number of hydrogen-bond donors (Lipinski definition) is 1. The molecule has 1 unspecified atom stereocenters. The summed E-state index contributed by atoms with van der Waals surface area (Å²) in [5.74, 6) is 0.750. The van der Waals surface area contributed by atoms with Gasteiger partial charge in [0.05, 0.1) is 6.10 Å². The third-order valence-corrected chi connectivity index (χ3v) is 4.02. The third-order valence-electron chi connectivity index (χ3n) is 4.02. The quantitative estimate of drug-likeness (QED) is 0.727. The van der Waals surface area contributed by atoms with Gasteiger partial charge in [0.25, 0.3) is 0 Å². The topological polar surface area (TPSA) is 38.5 Å². The van der Waals surface area contributed by atoms with E-state index in [0.717, 1.165) is 31.8 Å². The van der Waals surface area contributed by atoms with Crippen LogP contribution in [-0.4, -0.2) is 43.8 Å². The Labute approximate surface area is 94.0 Å². The Morgan fingerprint density at radius 2 is 2.13 bits per heavy atom. The van der Waals surface area contributed by atoms with Gasteiger partial charge in [-0.3, -0.25) is 4.90 Å². The Morgan fingerprint density at radius 1 is 1.53 bits per heavy atom. The van der Waals surface area contributed by atoms with E-state index in [2.05, 4.69) is 25.8 Å². The number of hydrogen-bond acceptors (Lipinski definition) is 3. The summed E-state index contributed by atoms with van der Waals surface area (Å²) in [7, 11) is 3.99. The monoisotopic (exact) mass is 214 g/mol. The highest BCUT2D eigenvalue weighted by Gasteiger charge is 2.46. The molecular formula is C12H26N2O. The van der Waals surface area contributed by atoms with Crippen LogP contribution in [0.25, 0.3) is 0 Å². The molecule has 1 rings (SSSR count). The van der Waals surface area contributed by atoms with Crippen LogP contribution >= 0.6 is 0 Å². The largest absolute Gasteiger partial charge is 0.381 e. The Hall–Kier alpha value is -0.120. The maximum absolute atomic E-state index is 5.91. The third kappa shape index (κ3) is 2.71. The lowest BCUT2D eigenvalue weighted by atomic mass is 9.72. The predicted octanol–water partition coefficient (Wildman–Crippen LogP) is 1.47. The van der Waals surface area contributed by atoms with Crippen molar-refractivity contribution in [3.05, 3.63) is 0 Å². The van der Waals surface area contributed by atoms with Crippen LogP contribution in [0.1, 0.15) is 33.1 Å². The molecule has 0 aromatic heterocycles. The highest BCUT2D eigenvalue weighted by atomic mass is 16.5. The fourth-order valence-electron chi connectivity index (χ4n) is 2.38. The maximum atomic E-state index is 5.91. The van der Waals surface area contributed by atoms with Crippen molar-refractivity contribution in [2.75, 3.05) is 27.2 Å². The summed E-state index contributed by atoms with van der Waals surface area (Å²) in [6.07, 6.45) is 3.84. The van der Waals surface area contributed by atoms with Gasteiger partial charge < -0.3 is 10.5 Å². The van der Waals surface area contributed by atoms with E-state index in [1.807, 2.05) is 0 Å². The lowest BCUT2D eigenvalue weighted by molar-refractivity contribution is -0.0816. The molecule has 1 fully saturated rings. The van der Waals surface area contributed by atoms with E-state index in [9.17, 15) is 0 Å². The van der Waals surface area contributed by atoms with E-state index in [1.165, 1.54) is 6.42 Å². The molecule has 1 saturated carbocycles. The molecular weight excluding hydrogens is 188 g/mol. The van der Waals surface area contributed by atoms with E-state index in [0.29, 0.717) is 6.10 Å². The van der Waals surface area contributed by atoms with Crippen LogP contribution in [0.15, 0.2) is 0 Å². The molecule has 90 valence electrons. The van der Waals surface area contributed by atoms with Gasteiger partial charge in [0, 0.05) is 25.7 Å². The lowest BCUT2D eigenvalue weighted by Gasteiger charge is -2.52. The summed E-state index contributed by atoms with van der Waals surface area (Å²) >= 11 is 0. The molecule has 1 atom stereocenters. The highest BCUT2D eigenvalue weighted by Crippen LogP contribution is 2.38. The van der Waals surface area contributed by atoms with Crippen LogP contribution in [0.3, 0.4) is 0 Å². The Morgan fingerprint density at radius 3 is 2.53 bits per heavy atom. The first kappa shape index (κ1) is 12.9. The first-order valence-corrected chi connectivity index (χ1v) is 6.02. The van der Waals surface area contributed by atoms with Gasteiger partial charge in [0.15, 0.2) is 0 Å². The van der Waals surface area contributed by atoms with Gasteiger partial charge in [-0.1, -0.05) is 20.3 Å². The molecule has 1 aliphatic carbocycles. The predicted molar refractivity (Wildman–Crippen MR) is 63.9 cm³/mol. The second-order valence-electron chi connectivity index (χ2n) is 5.09. The molecule has 0 aliphatic heterocycles. The molecule has 1 aliphatic rings. The van der Waals surface area contributed by atoms with E-state index in [4.69, 9.17) is 10.5 Å². The molecule has 0 amide bonds. The average Bonchev–Trinajstić information content (AvgIpc) is 2.17. The normalized spacial score (nSPS) is 32.8. The number of nitrogens with zero attached hydrogens (tertiary/aromatic N) is 1. The van der Waals surface area contributed by atoms with E-state index in [1.54, 1.807) is 7.11 Å². The summed E-state index contributed by atoms with van der Waals surface area (Å²) in [6, 6.07) is 0. The first-order chi connectivity index (χ1) is 7.07. The van der Waals surface area contributed by atoms with Crippen molar-refractivity contribution in [3.8, 4) is 0 Å². The molecule has 0 bridgehead atoms. The van der Waals surface area contributed by atoms with Crippen molar-refractivity contribution >= 4 is 0 Å². The number of rotatable bonds is 6. The first-order valence-electron chi connectivity index (χ1n) is 6.02. The average molecular weight is 214 g/mol. The van der Waals surface area contributed by atoms with E-state index in [-0.39, 0.29) is 5.54 Å². The highest BCUT2D eigenvalue weighted by molar-refractivity contribution is 5.03. The molecule has 3 heteroatoms. The number of ether oxygens (including phenoxy) is 1. The molecule has 0 aromatic rings. The Balaban J connectivity index is 2.45. The van der Waals surface area contributed by atoms with Gasteiger partial charge in [-0.25, -0.2) is 0 Å². The second-order valence-corrected chi connectivity index (χ2v) is 5.09. The smallest absolute Gasteiger partial charge is 0.0607 e. The zero-order valence-corrected chi connectivity index (χ0v) is 10.6. The van der Waals surface area contributed by atoms with Gasteiger partial charge >= 0.3 is 0 Å². The fraction of sp³-hybridized carbons (Fsp3) is 1.00. The molecule has 15 heavy (non-hydrogen) atoms. The van der Waals surface area contributed by atoms with Crippen LogP contribution < -0.4 is 5.73 Å². The SMILES string of the molecule is CCC(C)CN(C)C1(CN)CC(OC)C1. The van der Waals surface area contributed by atoms with Gasteiger partial charge in [-0.2, -0.15) is 0 Å². The maximum Gasteiger partial charge on any atom is 0.0607 e. The van der Waals surface area contributed by atoms with Crippen LogP contribution in [0.2, 0.25) is 0 Å². The Kier molecular flexibility index (Phi) is 4.56. The fourth-order valence-corrected chi connectivity index (χ4v) is 2.38. The van der Waals surface area contributed by atoms with Crippen molar-refractivity contribution in [1.82, 2.24) is 4.90 Å². The van der Waals surface area contributed by atoms with Crippen molar-refractivity contribution in [2.45, 2.75) is 44.8 Å². The summed E-state index contributed by atoms with van der Waals surface area (Å²) in [4.78, 5) is 2.44. The summed E-state index contributed by atoms with van der Waals surface area (Å²) in [6.45, 7) is 6.43. The van der Waals surface area contributed by atoms with Crippen molar-refractivity contribution in [3.63, 3.8) is 0 Å². The van der Waals surface area contributed by atoms with Crippen LogP contribution in [0.5, 0.6) is 0 Å². The molecule has 0 radical (unpaired) electrons. The lowest BCUT2D eigenvalue weighted by Crippen LogP contribution is -2.63. The Bertz CT molecular complexity index is 190. The molecule has 3 nitrogen and oxygen atoms in total. The van der Waals surface area contributed by atoms with Gasteiger partial charge in [-0.05, 0) is 25.8 Å². The van der Waals surface area contributed by atoms with Gasteiger partial charge in [0.2, 0.25) is 0 Å². The number of nitrogens with two attached hydrogens (primary N) is 1. The van der Waals surface area contributed by atoms with Gasteiger partial charge in [-0.15, -0.1) is 0 Å². The zero-order valence-electron chi connectivity index (χ0n) is 10.6. The van der Waals surface area contributed by atoms with E-state index >= 15 is 0 Å². The minimum absolute atomic E-state index is 0.212. The molecule has 0 saturated heterocycles. The number of likely N-dealkylation sites (N-methyl/N-ethyl adjacent to an activating group) is 1. The molecule has 0 heterocycles.